The Balaban J connectivity index is 0. The summed E-state index contributed by atoms with van der Waals surface area (Å²) >= 11 is 0. The van der Waals surface area contributed by atoms with Gasteiger partial charge in [0, 0.05) is 25.0 Å². The molecule has 0 aromatic carbocycles. The molecule has 1 atom stereocenters. The molecule has 0 spiro atoms. The summed E-state index contributed by atoms with van der Waals surface area (Å²) in [5.41, 5.74) is 0. The average molecular weight is 408 g/mol. The fourth-order valence-electron chi connectivity index (χ4n) is 3.54. The minimum Gasteiger partial charge on any atom is -0.550 e. The molecule has 0 N–H and O–H groups in total. The molecule has 0 aromatic rings. The molecule has 154 valence electrons. The fraction of sp³-hybridized carbons (Fsp3) is 0.909. The van der Waals surface area contributed by atoms with Gasteiger partial charge in [0.2, 0.25) is 5.91 Å². The van der Waals surface area contributed by atoms with Gasteiger partial charge in [-0.15, -0.1) is 0 Å². The van der Waals surface area contributed by atoms with Crippen molar-refractivity contribution in [2.45, 2.75) is 111 Å². The number of carbonyl (C=O) groups excluding carboxylic acids is 2. The number of nitrogens with zero attached hydrogens (tertiary/aromatic N) is 1. The number of hydrogen-bond acceptors (Lipinski definition) is 3. The summed E-state index contributed by atoms with van der Waals surface area (Å²) in [6, 6.07) is 0. The number of rotatable bonds is 18. The molecule has 0 fully saturated rings. The largest absolute Gasteiger partial charge is 1.00 e. The number of carbonyl (C=O) groups is 2. The second-order valence-electron chi connectivity index (χ2n) is 7.46. The van der Waals surface area contributed by atoms with Crippen molar-refractivity contribution in [3.63, 3.8) is 0 Å². The van der Waals surface area contributed by atoms with Crippen molar-refractivity contribution in [3.05, 3.63) is 0 Å². The second kappa shape index (κ2) is 21.3. The van der Waals surface area contributed by atoms with Gasteiger partial charge in [0.1, 0.15) is 0 Å². The van der Waals surface area contributed by atoms with Gasteiger partial charge < -0.3 is 14.8 Å². The zero-order valence-electron chi connectivity index (χ0n) is 18.6. The van der Waals surface area contributed by atoms with E-state index in [9.17, 15) is 14.7 Å². The average Bonchev–Trinajstić information content (AvgIpc) is 2.62. The van der Waals surface area contributed by atoms with Crippen LogP contribution in [0.25, 0.3) is 0 Å². The molecule has 0 aliphatic carbocycles. The summed E-state index contributed by atoms with van der Waals surface area (Å²) in [5, 5.41) is 11.0. The Morgan fingerprint density at radius 2 is 1.15 bits per heavy atom. The molecular weight excluding hydrogens is 365 g/mol. The van der Waals surface area contributed by atoms with E-state index in [0.717, 1.165) is 12.8 Å². The summed E-state index contributed by atoms with van der Waals surface area (Å²) in [6.07, 6.45) is 15.8. The van der Waals surface area contributed by atoms with Crippen molar-refractivity contribution in [3.8, 4) is 0 Å². The number of amides is 1. The van der Waals surface area contributed by atoms with E-state index < -0.39 is 11.9 Å². The van der Waals surface area contributed by atoms with Crippen molar-refractivity contribution < 1.29 is 66.1 Å². The Kier molecular flexibility index (Phi) is 23.5. The zero-order chi connectivity index (χ0) is 19.6. The first-order valence-corrected chi connectivity index (χ1v) is 11.0. The van der Waals surface area contributed by atoms with Crippen LogP contribution in [0.2, 0.25) is 0 Å². The van der Waals surface area contributed by atoms with Crippen LogP contribution in [0.3, 0.4) is 0 Å². The first-order chi connectivity index (χ1) is 12.6. The van der Waals surface area contributed by atoms with Crippen molar-refractivity contribution in [2.24, 2.45) is 5.92 Å². The molecule has 5 heteroatoms. The van der Waals surface area contributed by atoms with E-state index in [1.54, 1.807) is 4.90 Å². The van der Waals surface area contributed by atoms with Crippen LogP contribution in [0.15, 0.2) is 0 Å². The van der Waals surface area contributed by atoms with Crippen LogP contribution in [0, 0.1) is 5.92 Å². The SMILES string of the molecule is CCCCCCCCCCCCCCC(CC(=O)[O-])C(=O)N(CC)CC.[K+]. The molecule has 0 saturated heterocycles. The van der Waals surface area contributed by atoms with Gasteiger partial charge in [0.15, 0.2) is 0 Å². The maximum absolute atomic E-state index is 12.4. The van der Waals surface area contributed by atoms with Crippen molar-refractivity contribution in [1.82, 2.24) is 4.90 Å². The summed E-state index contributed by atoms with van der Waals surface area (Å²) in [4.78, 5) is 25.1. The number of unbranched alkanes of at least 4 members (excludes halogenated alkanes) is 11. The van der Waals surface area contributed by atoms with Crippen molar-refractivity contribution in [1.29, 1.82) is 0 Å². The zero-order valence-corrected chi connectivity index (χ0v) is 21.7. The van der Waals surface area contributed by atoms with Crippen molar-refractivity contribution >= 4 is 11.9 Å². The standard InChI is InChI=1S/C22H43NO3.K/c1-4-7-8-9-10-11-12-13-14-15-16-17-18-20(19-21(24)25)22(26)23(5-2)6-3;/h20H,4-19H2,1-3H3,(H,24,25);/q;+1/p-1. The van der Waals surface area contributed by atoms with Crippen molar-refractivity contribution in [2.75, 3.05) is 13.1 Å². The molecule has 0 aliphatic rings. The molecular formula is C22H42KNO3. The molecule has 1 amide bonds. The van der Waals surface area contributed by atoms with Crippen LogP contribution in [0.5, 0.6) is 0 Å². The van der Waals surface area contributed by atoms with Gasteiger partial charge in [0.05, 0.1) is 0 Å². The Labute approximate surface area is 210 Å². The van der Waals surface area contributed by atoms with Gasteiger partial charge in [0.25, 0.3) is 0 Å². The van der Waals surface area contributed by atoms with Crippen LogP contribution < -0.4 is 56.5 Å². The predicted octanol–water partition coefficient (Wildman–Crippen LogP) is 1.71. The number of carboxylic acid groups (broad SMARTS) is 1. The second-order valence-corrected chi connectivity index (χ2v) is 7.46. The fourth-order valence-corrected chi connectivity index (χ4v) is 3.54. The Morgan fingerprint density at radius 1 is 0.741 bits per heavy atom. The minimum absolute atomic E-state index is 0. The van der Waals surface area contributed by atoms with Crippen LogP contribution in [0.4, 0.5) is 0 Å². The van der Waals surface area contributed by atoms with E-state index in [-0.39, 0.29) is 63.7 Å². The Morgan fingerprint density at radius 3 is 1.52 bits per heavy atom. The molecule has 0 saturated carbocycles. The summed E-state index contributed by atoms with van der Waals surface area (Å²) in [6.45, 7) is 7.39. The van der Waals surface area contributed by atoms with Gasteiger partial charge in [-0.3, -0.25) is 4.79 Å². The summed E-state index contributed by atoms with van der Waals surface area (Å²) in [5.74, 6) is -1.56. The summed E-state index contributed by atoms with van der Waals surface area (Å²) in [7, 11) is 0. The molecule has 0 radical (unpaired) electrons. The number of hydrogen-bond donors (Lipinski definition) is 0. The molecule has 4 nitrogen and oxygen atoms in total. The van der Waals surface area contributed by atoms with Gasteiger partial charge in [-0.25, -0.2) is 0 Å². The van der Waals surface area contributed by atoms with Crippen LogP contribution >= 0.6 is 0 Å². The molecule has 0 bridgehead atoms. The predicted molar refractivity (Wildman–Crippen MR) is 107 cm³/mol. The third-order valence-corrected chi connectivity index (χ3v) is 5.24. The van der Waals surface area contributed by atoms with Gasteiger partial charge >= 0.3 is 51.4 Å². The smallest absolute Gasteiger partial charge is 0.550 e. The first kappa shape index (κ1) is 29.8. The third-order valence-electron chi connectivity index (χ3n) is 5.24. The first-order valence-electron chi connectivity index (χ1n) is 11.0. The van der Waals surface area contributed by atoms with E-state index in [4.69, 9.17) is 0 Å². The maximum Gasteiger partial charge on any atom is 1.00 e. The normalized spacial score (nSPS) is 11.7. The topological polar surface area (TPSA) is 60.4 Å². The number of aliphatic carboxylic acids is 1. The Hall–Kier alpha value is 0.576. The van der Waals surface area contributed by atoms with Gasteiger partial charge in [-0.1, -0.05) is 84.0 Å². The van der Waals surface area contributed by atoms with E-state index >= 15 is 0 Å². The summed E-state index contributed by atoms with van der Waals surface area (Å²) < 4.78 is 0. The van der Waals surface area contributed by atoms with Crippen LogP contribution in [-0.2, 0) is 9.59 Å². The van der Waals surface area contributed by atoms with E-state index in [0.29, 0.717) is 19.5 Å². The van der Waals surface area contributed by atoms with Crippen LogP contribution in [0.1, 0.15) is 111 Å². The Bertz CT molecular complexity index is 359. The molecule has 0 aliphatic heterocycles. The van der Waals surface area contributed by atoms with Crippen LogP contribution in [-0.4, -0.2) is 29.9 Å². The molecule has 0 heterocycles. The van der Waals surface area contributed by atoms with E-state index in [1.165, 1.54) is 64.2 Å². The maximum atomic E-state index is 12.4. The quantitative estimate of drug-likeness (QED) is 0.257. The molecule has 1 unspecified atom stereocenters. The monoisotopic (exact) mass is 407 g/mol. The number of carboxylic acids is 1. The molecule has 0 rings (SSSR count). The van der Waals surface area contributed by atoms with Gasteiger partial charge in [-0.2, -0.15) is 0 Å². The molecule has 27 heavy (non-hydrogen) atoms. The van der Waals surface area contributed by atoms with E-state index in [2.05, 4.69) is 6.92 Å². The van der Waals surface area contributed by atoms with Gasteiger partial charge in [-0.05, 0) is 26.7 Å². The molecule has 0 aromatic heterocycles. The van der Waals surface area contributed by atoms with E-state index in [1.807, 2.05) is 13.8 Å². The minimum atomic E-state index is -1.12. The third kappa shape index (κ3) is 17.2.